The van der Waals surface area contributed by atoms with Crippen molar-refractivity contribution in [1.29, 1.82) is 0 Å². The minimum atomic E-state index is -1.00. The summed E-state index contributed by atoms with van der Waals surface area (Å²) in [6.45, 7) is 6.59. The number of aliphatic carboxylic acids is 1. The molecule has 0 aliphatic carbocycles. The highest BCUT2D eigenvalue weighted by Gasteiger charge is 2.24. The van der Waals surface area contributed by atoms with Gasteiger partial charge in [0.2, 0.25) is 11.8 Å². The van der Waals surface area contributed by atoms with E-state index < -0.39 is 29.4 Å². The van der Waals surface area contributed by atoms with Crippen molar-refractivity contribution < 1.29 is 19.5 Å². The molecule has 0 aromatic heterocycles. The molecule has 0 aromatic carbocycles. The largest absolute Gasteiger partial charge is 0.481 e. The van der Waals surface area contributed by atoms with E-state index in [0.29, 0.717) is 0 Å². The summed E-state index contributed by atoms with van der Waals surface area (Å²) in [5.74, 6) is -1.88. The number of carbonyl (C=O) groups excluding carboxylic acids is 2. The molecule has 0 rings (SSSR count). The highest BCUT2D eigenvalue weighted by atomic mass is 16.4. The number of hydrogen-bond donors (Lipinski definition) is 4. The SMILES string of the molecule is CC(C)[C@H](N)C(=O)NCC(=O)NC(C)(C)CC(=O)O. The van der Waals surface area contributed by atoms with Crippen LogP contribution in [0.4, 0.5) is 0 Å². The first-order valence-corrected chi connectivity index (χ1v) is 6.11. The molecule has 5 N–H and O–H groups in total. The second-order valence-corrected chi connectivity index (χ2v) is 5.49. The van der Waals surface area contributed by atoms with Gasteiger partial charge in [-0.3, -0.25) is 14.4 Å². The van der Waals surface area contributed by atoms with Crippen molar-refractivity contribution in [2.24, 2.45) is 11.7 Å². The zero-order valence-corrected chi connectivity index (χ0v) is 11.8. The van der Waals surface area contributed by atoms with Crippen LogP contribution in [0.1, 0.15) is 34.1 Å². The third-order valence-electron chi connectivity index (χ3n) is 2.52. The first-order chi connectivity index (χ1) is 8.55. The van der Waals surface area contributed by atoms with Crippen LogP contribution >= 0.6 is 0 Å². The summed E-state index contributed by atoms with van der Waals surface area (Å²) in [4.78, 5) is 33.7. The van der Waals surface area contributed by atoms with E-state index >= 15 is 0 Å². The average Bonchev–Trinajstić information content (AvgIpc) is 2.21. The van der Waals surface area contributed by atoms with E-state index in [1.54, 1.807) is 27.7 Å². The summed E-state index contributed by atoms with van der Waals surface area (Å²) in [5, 5.41) is 13.6. The quantitative estimate of drug-likeness (QED) is 0.496. The number of carboxylic acid groups (broad SMARTS) is 1. The maximum atomic E-state index is 11.6. The molecular formula is C12H23N3O4. The van der Waals surface area contributed by atoms with Gasteiger partial charge >= 0.3 is 5.97 Å². The Balaban J connectivity index is 4.19. The van der Waals surface area contributed by atoms with E-state index in [2.05, 4.69) is 10.6 Å². The third kappa shape index (κ3) is 7.40. The minimum Gasteiger partial charge on any atom is -0.481 e. The molecule has 0 unspecified atom stereocenters. The smallest absolute Gasteiger partial charge is 0.305 e. The van der Waals surface area contributed by atoms with Crippen molar-refractivity contribution in [2.45, 2.75) is 45.7 Å². The van der Waals surface area contributed by atoms with E-state index in [9.17, 15) is 14.4 Å². The second-order valence-electron chi connectivity index (χ2n) is 5.49. The number of carboxylic acids is 1. The molecule has 0 saturated carbocycles. The molecule has 110 valence electrons. The maximum absolute atomic E-state index is 11.6. The molecule has 0 bridgehead atoms. The van der Waals surface area contributed by atoms with Crippen LogP contribution in [-0.4, -0.2) is 41.0 Å². The summed E-state index contributed by atoms with van der Waals surface area (Å²) in [7, 11) is 0. The van der Waals surface area contributed by atoms with Gasteiger partial charge in [0.15, 0.2) is 0 Å². The molecular weight excluding hydrogens is 250 g/mol. The molecule has 19 heavy (non-hydrogen) atoms. The lowest BCUT2D eigenvalue weighted by atomic mass is 10.0. The highest BCUT2D eigenvalue weighted by molar-refractivity contribution is 5.87. The number of amides is 2. The predicted octanol–water partition coefficient (Wildman–Crippen LogP) is -0.545. The lowest BCUT2D eigenvalue weighted by Crippen LogP contribution is -2.51. The highest BCUT2D eigenvalue weighted by Crippen LogP contribution is 2.07. The Labute approximate surface area is 112 Å². The number of hydrogen-bond acceptors (Lipinski definition) is 4. The van der Waals surface area contributed by atoms with Crippen LogP contribution in [0.3, 0.4) is 0 Å². The van der Waals surface area contributed by atoms with Crippen LogP contribution in [-0.2, 0) is 14.4 Å². The first kappa shape index (κ1) is 17.4. The van der Waals surface area contributed by atoms with Gasteiger partial charge < -0.3 is 21.5 Å². The zero-order chi connectivity index (χ0) is 15.2. The number of carbonyl (C=O) groups is 3. The van der Waals surface area contributed by atoms with Gasteiger partial charge in [-0.1, -0.05) is 13.8 Å². The van der Waals surface area contributed by atoms with Crippen molar-refractivity contribution in [3.05, 3.63) is 0 Å². The Hall–Kier alpha value is -1.63. The molecule has 7 heteroatoms. The number of nitrogens with two attached hydrogens (primary N) is 1. The number of rotatable bonds is 7. The van der Waals surface area contributed by atoms with E-state index in [4.69, 9.17) is 10.8 Å². The summed E-state index contributed by atoms with van der Waals surface area (Å²) >= 11 is 0. The molecule has 0 aliphatic rings. The topological polar surface area (TPSA) is 122 Å². The average molecular weight is 273 g/mol. The van der Waals surface area contributed by atoms with E-state index in [1.165, 1.54) is 0 Å². The van der Waals surface area contributed by atoms with Crippen LogP contribution in [0.2, 0.25) is 0 Å². The van der Waals surface area contributed by atoms with Gasteiger partial charge in [0.05, 0.1) is 19.0 Å². The van der Waals surface area contributed by atoms with Crippen LogP contribution in [0.5, 0.6) is 0 Å². The fourth-order valence-corrected chi connectivity index (χ4v) is 1.43. The molecule has 1 atom stereocenters. The van der Waals surface area contributed by atoms with E-state index in [-0.39, 0.29) is 18.9 Å². The standard InChI is InChI=1S/C12H23N3O4/c1-7(2)10(13)11(19)14-6-8(16)15-12(3,4)5-9(17)18/h7,10H,5-6,13H2,1-4H3,(H,14,19)(H,15,16)(H,17,18)/t10-/m0/s1. The Kier molecular flexibility index (Phi) is 6.47. The lowest BCUT2D eigenvalue weighted by Gasteiger charge is -2.24. The molecule has 0 spiro atoms. The summed E-state index contributed by atoms with van der Waals surface area (Å²) in [6, 6.07) is -0.667. The van der Waals surface area contributed by atoms with Crippen molar-refractivity contribution in [2.75, 3.05) is 6.54 Å². The third-order valence-corrected chi connectivity index (χ3v) is 2.52. The summed E-state index contributed by atoms with van der Waals surface area (Å²) < 4.78 is 0. The molecule has 2 amide bonds. The van der Waals surface area contributed by atoms with Crippen molar-refractivity contribution >= 4 is 17.8 Å². The Bertz CT molecular complexity index is 353. The van der Waals surface area contributed by atoms with Gasteiger partial charge in [-0.2, -0.15) is 0 Å². The van der Waals surface area contributed by atoms with Crippen LogP contribution < -0.4 is 16.4 Å². The molecule has 0 saturated heterocycles. The van der Waals surface area contributed by atoms with E-state index in [1.807, 2.05) is 0 Å². The summed E-state index contributed by atoms with van der Waals surface area (Å²) in [5.41, 5.74) is 4.75. The van der Waals surface area contributed by atoms with Crippen LogP contribution in [0, 0.1) is 5.92 Å². The fraction of sp³-hybridized carbons (Fsp3) is 0.750. The molecule has 7 nitrogen and oxygen atoms in total. The van der Waals surface area contributed by atoms with Gasteiger partial charge in [-0.05, 0) is 19.8 Å². The van der Waals surface area contributed by atoms with E-state index in [0.717, 1.165) is 0 Å². The Morgan fingerprint density at radius 1 is 1.26 bits per heavy atom. The first-order valence-electron chi connectivity index (χ1n) is 6.11. The molecule has 0 radical (unpaired) electrons. The maximum Gasteiger partial charge on any atom is 0.305 e. The van der Waals surface area contributed by atoms with Crippen molar-refractivity contribution in [3.63, 3.8) is 0 Å². The monoisotopic (exact) mass is 273 g/mol. The fourth-order valence-electron chi connectivity index (χ4n) is 1.43. The van der Waals surface area contributed by atoms with Gasteiger partial charge in [0.1, 0.15) is 0 Å². The van der Waals surface area contributed by atoms with Crippen LogP contribution in [0.25, 0.3) is 0 Å². The minimum absolute atomic E-state index is 0.0217. The Morgan fingerprint density at radius 3 is 2.21 bits per heavy atom. The molecule has 0 aliphatic heterocycles. The molecule has 0 aromatic rings. The van der Waals surface area contributed by atoms with Gasteiger partial charge in [0, 0.05) is 5.54 Å². The Morgan fingerprint density at radius 2 is 1.79 bits per heavy atom. The number of nitrogens with one attached hydrogen (secondary N) is 2. The summed E-state index contributed by atoms with van der Waals surface area (Å²) in [6.07, 6.45) is -0.196. The predicted molar refractivity (Wildman–Crippen MR) is 70.3 cm³/mol. The zero-order valence-electron chi connectivity index (χ0n) is 11.8. The van der Waals surface area contributed by atoms with Gasteiger partial charge in [-0.25, -0.2) is 0 Å². The normalized spacial score (nSPS) is 12.9. The molecule has 0 heterocycles. The van der Waals surface area contributed by atoms with Crippen molar-refractivity contribution in [1.82, 2.24) is 10.6 Å². The lowest BCUT2D eigenvalue weighted by molar-refractivity contribution is -0.139. The second kappa shape index (κ2) is 7.08. The van der Waals surface area contributed by atoms with Gasteiger partial charge in [0.25, 0.3) is 0 Å². The molecule has 0 fully saturated rings. The van der Waals surface area contributed by atoms with Gasteiger partial charge in [-0.15, -0.1) is 0 Å². The van der Waals surface area contributed by atoms with Crippen molar-refractivity contribution in [3.8, 4) is 0 Å². The van der Waals surface area contributed by atoms with Crippen LogP contribution in [0.15, 0.2) is 0 Å².